The molecular formula is C27H28FN9O2. The average molecular weight is 530 g/mol. The molecule has 5 aromatic rings. The fourth-order valence-electron chi connectivity index (χ4n) is 4.96. The SMILES string of the molecule is COc1ccc2ncnc(Nc3ccc(Oc4cc5ncnn5cn4)c(C)c3)c2c1N1C[C@@H](N(C)C)[C@@H](F)C1. The van der Waals surface area contributed by atoms with Crippen LogP contribution in [-0.4, -0.2) is 81.0 Å². The first-order chi connectivity index (χ1) is 18.9. The second kappa shape index (κ2) is 9.95. The van der Waals surface area contributed by atoms with Crippen molar-refractivity contribution in [2.45, 2.75) is 19.1 Å². The van der Waals surface area contributed by atoms with Gasteiger partial charge in [0.15, 0.2) is 5.65 Å². The summed E-state index contributed by atoms with van der Waals surface area (Å²) in [6.07, 6.45) is 3.55. The van der Waals surface area contributed by atoms with E-state index in [9.17, 15) is 4.39 Å². The van der Waals surface area contributed by atoms with Crippen molar-refractivity contribution < 1.29 is 13.9 Å². The van der Waals surface area contributed by atoms with Crippen molar-refractivity contribution in [1.82, 2.24) is 34.4 Å². The molecule has 1 N–H and O–H groups in total. The molecule has 1 aliphatic heterocycles. The van der Waals surface area contributed by atoms with E-state index in [1.807, 2.05) is 61.2 Å². The third-order valence-corrected chi connectivity index (χ3v) is 6.96. The van der Waals surface area contributed by atoms with Crippen molar-refractivity contribution in [1.29, 1.82) is 0 Å². The first-order valence-corrected chi connectivity index (χ1v) is 12.5. The lowest BCUT2D eigenvalue weighted by Gasteiger charge is -2.25. The van der Waals surface area contributed by atoms with Gasteiger partial charge < -0.3 is 24.6 Å². The number of rotatable bonds is 7. The van der Waals surface area contributed by atoms with Crippen molar-refractivity contribution in [3.8, 4) is 17.4 Å². The topological polar surface area (TPSA) is 106 Å². The van der Waals surface area contributed by atoms with Gasteiger partial charge in [0.05, 0.1) is 36.3 Å². The Hall–Kier alpha value is -4.58. The van der Waals surface area contributed by atoms with Gasteiger partial charge in [-0.25, -0.2) is 28.8 Å². The summed E-state index contributed by atoms with van der Waals surface area (Å²) in [4.78, 5) is 21.4. The highest BCUT2D eigenvalue weighted by molar-refractivity contribution is 6.03. The number of anilines is 3. The summed E-state index contributed by atoms with van der Waals surface area (Å²) in [6, 6.07) is 11.0. The summed E-state index contributed by atoms with van der Waals surface area (Å²) < 4.78 is 28.3. The van der Waals surface area contributed by atoms with Gasteiger partial charge in [-0.1, -0.05) is 0 Å². The van der Waals surface area contributed by atoms with Crippen LogP contribution >= 0.6 is 0 Å². The lowest BCUT2D eigenvalue weighted by molar-refractivity contribution is 0.202. The summed E-state index contributed by atoms with van der Waals surface area (Å²) in [6.45, 7) is 2.74. The zero-order chi connectivity index (χ0) is 27.1. The second-order valence-electron chi connectivity index (χ2n) is 9.68. The molecule has 0 aliphatic carbocycles. The number of hydrogen-bond donors (Lipinski definition) is 1. The molecule has 6 rings (SSSR count). The molecule has 12 heteroatoms. The third kappa shape index (κ3) is 4.63. The largest absolute Gasteiger partial charge is 0.495 e. The van der Waals surface area contributed by atoms with Gasteiger partial charge in [0, 0.05) is 18.3 Å². The minimum absolute atomic E-state index is 0.221. The third-order valence-electron chi connectivity index (χ3n) is 6.96. The van der Waals surface area contributed by atoms with E-state index in [0.29, 0.717) is 35.4 Å². The molecule has 0 radical (unpaired) electrons. The Bertz CT molecular complexity index is 1660. The number of benzene rings is 2. The van der Waals surface area contributed by atoms with Gasteiger partial charge in [-0.2, -0.15) is 5.10 Å². The fraction of sp³-hybridized carbons (Fsp3) is 0.296. The number of halogens is 1. The van der Waals surface area contributed by atoms with Gasteiger partial charge in [0.1, 0.15) is 42.5 Å². The molecule has 200 valence electrons. The normalized spacial score (nSPS) is 17.3. The zero-order valence-electron chi connectivity index (χ0n) is 22.0. The number of aromatic nitrogens is 6. The van der Waals surface area contributed by atoms with Gasteiger partial charge in [-0.05, 0) is 56.9 Å². The van der Waals surface area contributed by atoms with Crippen molar-refractivity contribution >= 4 is 33.7 Å². The molecule has 0 amide bonds. The Kier molecular flexibility index (Phi) is 6.31. The number of alkyl halides is 1. The first-order valence-electron chi connectivity index (χ1n) is 12.5. The summed E-state index contributed by atoms with van der Waals surface area (Å²) in [5, 5.41) is 8.25. The molecule has 11 nitrogen and oxygen atoms in total. The molecular weight excluding hydrogens is 501 g/mol. The van der Waals surface area contributed by atoms with Gasteiger partial charge >= 0.3 is 0 Å². The Morgan fingerprint density at radius 3 is 2.62 bits per heavy atom. The van der Waals surface area contributed by atoms with Crippen molar-refractivity contribution in [3.05, 3.63) is 60.9 Å². The fourth-order valence-corrected chi connectivity index (χ4v) is 4.96. The van der Waals surface area contributed by atoms with Gasteiger partial charge in [0.2, 0.25) is 5.88 Å². The van der Waals surface area contributed by atoms with E-state index >= 15 is 0 Å². The van der Waals surface area contributed by atoms with Crippen molar-refractivity contribution in [2.75, 3.05) is 44.5 Å². The van der Waals surface area contributed by atoms with Gasteiger partial charge in [-0.15, -0.1) is 0 Å². The van der Waals surface area contributed by atoms with Crippen LogP contribution in [0.5, 0.6) is 17.4 Å². The van der Waals surface area contributed by atoms with Crippen LogP contribution in [-0.2, 0) is 0 Å². The summed E-state index contributed by atoms with van der Waals surface area (Å²) >= 11 is 0. The Morgan fingerprint density at radius 2 is 1.85 bits per heavy atom. The highest BCUT2D eigenvalue weighted by Crippen LogP contribution is 2.42. The van der Waals surface area contributed by atoms with Crippen LogP contribution in [0.15, 0.2) is 55.4 Å². The first kappa shape index (κ1) is 24.7. The van der Waals surface area contributed by atoms with E-state index in [1.165, 1.54) is 12.7 Å². The maximum atomic E-state index is 15.0. The molecule has 2 aromatic carbocycles. The van der Waals surface area contributed by atoms with E-state index in [-0.39, 0.29) is 12.6 Å². The highest BCUT2D eigenvalue weighted by Gasteiger charge is 2.36. The van der Waals surface area contributed by atoms with Crippen molar-refractivity contribution in [3.63, 3.8) is 0 Å². The van der Waals surface area contributed by atoms with Crippen LogP contribution in [0.1, 0.15) is 5.56 Å². The molecule has 4 heterocycles. The molecule has 1 saturated heterocycles. The van der Waals surface area contributed by atoms with Crippen LogP contribution in [0, 0.1) is 6.92 Å². The van der Waals surface area contributed by atoms with E-state index in [2.05, 4.69) is 30.4 Å². The number of fused-ring (bicyclic) bond motifs is 2. The number of hydrogen-bond acceptors (Lipinski definition) is 10. The number of likely N-dealkylation sites (N-methyl/N-ethyl adjacent to an activating group) is 1. The van der Waals surface area contributed by atoms with Crippen LogP contribution in [0.25, 0.3) is 16.6 Å². The van der Waals surface area contributed by atoms with E-state index < -0.39 is 6.17 Å². The number of aryl methyl sites for hydroxylation is 1. The van der Waals surface area contributed by atoms with Gasteiger partial charge in [-0.3, -0.25) is 0 Å². The number of nitrogens with one attached hydrogen (secondary N) is 1. The Labute approximate surface area is 224 Å². The van der Waals surface area contributed by atoms with Crippen molar-refractivity contribution in [2.24, 2.45) is 0 Å². The molecule has 39 heavy (non-hydrogen) atoms. The minimum atomic E-state index is -0.990. The number of nitrogens with zero attached hydrogens (tertiary/aromatic N) is 8. The van der Waals surface area contributed by atoms with E-state index in [0.717, 1.165) is 27.8 Å². The Balaban J connectivity index is 1.33. The lowest BCUT2D eigenvalue weighted by Crippen LogP contribution is -2.36. The highest BCUT2D eigenvalue weighted by atomic mass is 19.1. The second-order valence-corrected chi connectivity index (χ2v) is 9.68. The summed E-state index contributed by atoms with van der Waals surface area (Å²) in [7, 11) is 5.41. The molecule has 1 fully saturated rings. The monoisotopic (exact) mass is 529 g/mol. The van der Waals surface area contributed by atoms with Crippen LogP contribution in [0.3, 0.4) is 0 Å². The average Bonchev–Trinajstić information content (AvgIpc) is 3.56. The molecule has 3 aromatic heterocycles. The summed E-state index contributed by atoms with van der Waals surface area (Å²) in [5.41, 5.74) is 3.86. The standard InChI is InChI=1S/C27H28FN9O2/c1-16-9-17(5-7-21(16)39-24-10-23-30-14-33-37(23)15-32-24)34-27-25-19(29-13-31-27)6-8-22(38-4)26(25)36-11-18(28)20(12-36)35(2)3/h5-10,13-15,18,20H,11-12H2,1-4H3,(H,29,31,34)/t18-,20+/m0/s1. The predicted molar refractivity (Wildman–Crippen MR) is 146 cm³/mol. The molecule has 1 aliphatic rings. The number of ether oxygens (including phenoxy) is 2. The molecule has 0 spiro atoms. The minimum Gasteiger partial charge on any atom is -0.495 e. The summed E-state index contributed by atoms with van der Waals surface area (Å²) in [5.74, 6) is 2.33. The maximum Gasteiger partial charge on any atom is 0.224 e. The van der Waals surface area contributed by atoms with Crippen LogP contribution < -0.4 is 19.7 Å². The van der Waals surface area contributed by atoms with Crippen LogP contribution in [0.2, 0.25) is 0 Å². The molecule has 2 atom stereocenters. The maximum absolute atomic E-state index is 15.0. The predicted octanol–water partition coefficient (Wildman–Crippen LogP) is 4.01. The molecule has 0 saturated carbocycles. The number of methoxy groups -OCH3 is 1. The Morgan fingerprint density at radius 1 is 1.00 bits per heavy atom. The van der Waals surface area contributed by atoms with E-state index in [4.69, 9.17) is 9.47 Å². The smallest absolute Gasteiger partial charge is 0.224 e. The lowest BCUT2D eigenvalue weighted by atomic mass is 10.1. The van der Waals surface area contributed by atoms with E-state index in [1.54, 1.807) is 24.0 Å². The van der Waals surface area contributed by atoms with Crippen LogP contribution in [0.4, 0.5) is 21.6 Å². The zero-order valence-corrected chi connectivity index (χ0v) is 22.0. The quantitative estimate of drug-likeness (QED) is 0.332. The molecule has 0 unspecified atom stereocenters. The molecule has 0 bridgehead atoms. The van der Waals surface area contributed by atoms with Gasteiger partial charge in [0.25, 0.3) is 0 Å².